The number of ether oxygens (including phenoxy) is 1. The van der Waals surface area contributed by atoms with Crippen LogP contribution in [0.25, 0.3) is 0 Å². The highest BCUT2D eigenvalue weighted by atomic mass is 79.9. The average molecular weight is 576 g/mol. The van der Waals surface area contributed by atoms with Crippen LogP contribution < -0.4 is 15.5 Å². The lowest BCUT2D eigenvalue weighted by molar-refractivity contribution is -0.123. The standard InChI is InChI=1S/C19H18Br3N3O3/c1-11-7-17(16(22)9-15(11)21)28-10-19(27)25-24-12(2)8-18(26)23-14-5-3-13(20)4-6-14/h3-7,9H,8,10H2,1-2H3,(H,23,26)(H,25,27). The SMILES string of the molecule is CC(CC(=O)Nc1ccc(Br)cc1)=NNC(=O)COc1cc(C)c(Br)cc1Br. The second-order valence-electron chi connectivity index (χ2n) is 5.93. The Labute approximate surface area is 188 Å². The van der Waals surface area contributed by atoms with Crippen molar-refractivity contribution in [2.75, 3.05) is 11.9 Å². The molecule has 0 aliphatic heterocycles. The summed E-state index contributed by atoms with van der Waals surface area (Å²) in [6, 6.07) is 10.9. The number of hydrazone groups is 1. The van der Waals surface area contributed by atoms with Crippen LogP contribution in [0.3, 0.4) is 0 Å². The molecule has 0 aliphatic carbocycles. The fourth-order valence-corrected chi connectivity index (χ4v) is 3.46. The van der Waals surface area contributed by atoms with Gasteiger partial charge in [-0.1, -0.05) is 31.9 Å². The topological polar surface area (TPSA) is 79.8 Å². The van der Waals surface area contributed by atoms with Gasteiger partial charge in [0.25, 0.3) is 5.91 Å². The van der Waals surface area contributed by atoms with E-state index >= 15 is 0 Å². The predicted octanol–water partition coefficient (Wildman–Crippen LogP) is 5.18. The van der Waals surface area contributed by atoms with Crippen LogP contribution in [-0.4, -0.2) is 24.1 Å². The Morgan fingerprint density at radius 2 is 1.71 bits per heavy atom. The molecule has 6 nitrogen and oxygen atoms in total. The van der Waals surface area contributed by atoms with E-state index in [0.717, 1.165) is 19.0 Å². The van der Waals surface area contributed by atoms with Crippen molar-refractivity contribution in [1.29, 1.82) is 0 Å². The third-order valence-electron chi connectivity index (χ3n) is 3.49. The van der Waals surface area contributed by atoms with Crippen molar-refractivity contribution in [3.05, 3.63) is 55.4 Å². The second-order valence-corrected chi connectivity index (χ2v) is 8.56. The Hall–Kier alpha value is -1.71. The van der Waals surface area contributed by atoms with E-state index in [9.17, 15) is 9.59 Å². The Morgan fingerprint density at radius 1 is 1.04 bits per heavy atom. The van der Waals surface area contributed by atoms with Crippen LogP contribution in [0.2, 0.25) is 0 Å². The van der Waals surface area contributed by atoms with Gasteiger partial charge in [0.05, 0.1) is 10.9 Å². The first-order chi connectivity index (χ1) is 13.2. The first-order valence-electron chi connectivity index (χ1n) is 8.20. The first kappa shape index (κ1) is 22.6. The van der Waals surface area contributed by atoms with Gasteiger partial charge >= 0.3 is 0 Å². The summed E-state index contributed by atoms with van der Waals surface area (Å²) < 4.78 is 8.11. The summed E-state index contributed by atoms with van der Waals surface area (Å²) in [5, 5.41) is 6.70. The van der Waals surface area contributed by atoms with Gasteiger partial charge in [-0.05, 0) is 71.7 Å². The summed E-state index contributed by atoms with van der Waals surface area (Å²) in [6.07, 6.45) is 0.0641. The molecule has 2 amide bonds. The number of nitrogens with zero attached hydrogens (tertiary/aromatic N) is 1. The molecule has 2 rings (SSSR count). The van der Waals surface area contributed by atoms with Gasteiger partial charge in [0, 0.05) is 20.3 Å². The predicted molar refractivity (Wildman–Crippen MR) is 121 cm³/mol. The minimum absolute atomic E-state index is 0.0641. The first-order valence-corrected chi connectivity index (χ1v) is 10.6. The van der Waals surface area contributed by atoms with Gasteiger partial charge in [-0.25, -0.2) is 5.43 Å². The Bertz CT molecular complexity index is 899. The number of carbonyl (C=O) groups is 2. The van der Waals surface area contributed by atoms with Gasteiger partial charge in [0.15, 0.2) is 6.61 Å². The third-order valence-corrected chi connectivity index (χ3v) is 5.49. The highest BCUT2D eigenvalue weighted by Crippen LogP contribution is 2.31. The number of hydrogen-bond acceptors (Lipinski definition) is 4. The van der Waals surface area contributed by atoms with E-state index in [4.69, 9.17) is 4.74 Å². The van der Waals surface area contributed by atoms with Crippen LogP contribution in [0.4, 0.5) is 5.69 Å². The van der Waals surface area contributed by atoms with E-state index in [1.54, 1.807) is 19.1 Å². The van der Waals surface area contributed by atoms with E-state index in [0.29, 0.717) is 17.1 Å². The van der Waals surface area contributed by atoms with Crippen molar-refractivity contribution in [3.63, 3.8) is 0 Å². The molecule has 0 heterocycles. The third kappa shape index (κ3) is 7.37. The fraction of sp³-hybridized carbons (Fsp3) is 0.211. The highest BCUT2D eigenvalue weighted by molar-refractivity contribution is 9.11. The minimum atomic E-state index is -0.417. The molecule has 0 unspecified atom stereocenters. The molecule has 2 N–H and O–H groups in total. The summed E-state index contributed by atoms with van der Waals surface area (Å²) in [5.74, 6) is -0.0751. The molecule has 0 atom stereocenters. The number of carbonyl (C=O) groups excluding carboxylic acids is 2. The van der Waals surface area contributed by atoms with Crippen molar-refractivity contribution < 1.29 is 14.3 Å². The van der Waals surface area contributed by atoms with Gasteiger partial charge in [-0.3, -0.25) is 9.59 Å². The van der Waals surface area contributed by atoms with Crippen molar-refractivity contribution in [1.82, 2.24) is 5.43 Å². The van der Waals surface area contributed by atoms with Crippen molar-refractivity contribution in [3.8, 4) is 5.75 Å². The summed E-state index contributed by atoms with van der Waals surface area (Å²) >= 11 is 10.2. The number of hydrogen-bond donors (Lipinski definition) is 2. The van der Waals surface area contributed by atoms with E-state index in [1.807, 2.05) is 31.2 Å². The molecule has 148 valence electrons. The van der Waals surface area contributed by atoms with Crippen molar-refractivity contribution in [2.24, 2.45) is 5.10 Å². The van der Waals surface area contributed by atoms with Gasteiger partial charge in [-0.15, -0.1) is 0 Å². The van der Waals surface area contributed by atoms with Crippen molar-refractivity contribution in [2.45, 2.75) is 20.3 Å². The van der Waals surface area contributed by atoms with Crippen LogP contribution >= 0.6 is 47.8 Å². The largest absolute Gasteiger partial charge is 0.483 e. The smallest absolute Gasteiger partial charge is 0.277 e. The van der Waals surface area contributed by atoms with Crippen LogP contribution in [0.5, 0.6) is 5.75 Å². The van der Waals surface area contributed by atoms with Gasteiger partial charge in [0.1, 0.15) is 5.75 Å². The Kier molecular flexibility index (Phi) is 8.65. The lowest BCUT2D eigenvalue weighted by atomic mass is 10.2. The highest BCUT2D eigenvalue weighted by Gasteiger charge is 2.09. The molecule has 0 saturated heterocycles. The number of nitrogens with one attached hydrogen (secondary N) is 2. The van der Waals surface area contributed by atoms with Gasteiger partial charge in [0.2, 0.25) is 5.91 Å². The molecule has 0 fully saturated rings. The Balaban J connectivity index is 1.80. The van der Waals surface area contributed by atoms with E-state index in [-0.39, 0.29) is 18.9 Å². The zero-order valence-corrected chi connectivity index (χ0v) is 19.9. The van der Waals surface area contributed by atoms with Crippen molar-refractivity contribution >= 4 is 71.0 Å². The van der Waals surface area contributed by atoms with Crippen LogP contribution in [-0.2, 0) is 9.59 Å². The second kappa shape index (κ2) is 10.7. The monoisotopic (exact) mass is 573 g/mol. The molecule has 28 heavy (non-hydrogen) atoms. The Morgan fingerprint density at radius 3 is 2.39 bits per heavy atom. The van der Waals surface area contributed by atoms with Gasteiger partial charge < -0.3 is 10.1 Å². The maximum atomic E-state index is 12.0. The van der Waals surface area contributed by atoms with E-state index in [2.05, 4.69) is 63.6 Å². The zero-order valence-electron chi connectivity index (χ0n) is 15.2. The number of benzene rings is 2. The van der Waals surface area contributed by atoms with E-state index in [1.165, 1.54) is 0 Å². The molecule has 2 aromatic carbocycles. The maximum absolute atomic E-state index is 12.0. The zero-order chi connectivity index (χ0) is 20.7. The average Bonchev–Trinajstić information content (AvgIpc) is 2.63. The molecule has 0 saturated carbocycles. The van der Waals surface area contributed by atoms with Crippen LogP contribution in [0, 0.1) is 6.92 Å². The van der Waals surface area contributed by atoms with Crippen LogP contribution in [0.15, 0.2) is 54.9 Å². The summed E-state index contributed by atoms with van der Waals surface area (Å²) in [7, 11) is 0. The molecule has 0 aliphatic rings. The molecular weight excluding hydrogens is 558 g/mol. The summed E-state index contributed by atoms with van der Waals surface area (Å²) in [4.78, 5) is 23.9. The summed E-state index contributed by atoms with van der Waals surface area (Å²) in [6.45, 7) is 3.40. The molecule has 0 radical (unpaired) electrons. The molecule has 0 bridgehead atoms. The molecular formula is C19H18Br3N3O3. The lowest BCUT2D eigenvalue weighted by Gasteiger charge is -2.10. The number of anilines is 1. The number of halogens is 3. The van der Waals surface area contributed by atoms with E-state index < -0.39 is 5.91 Å². The molecule has 0 spiro atoms. The maximum Gasteiger partial charge on any atom is 0.277 e. The number of rotatable bonds is 7. The van der Waals surface area contributed by atoms with Gasteiger partial charge in [-0.2, -0.15) is 5.10 Å². The minimum Gasteiger partial charge on any atom is -0.483 e. The van der Waals surface area contributed by atoms with Crippen LogP contribution in [0.1, 0.15) is 18.9 Å². The lowest BCUT2D eigenvalue weighted by Crippen LogP contribution is -2.26. The summed E-state index contributed by atoms with van der Waals surface area (Å²) in [5.41, 5.74) is 4.54. The number of aryl methyl sites for hydroxylation is 1. The molecule has 0 aromatic heterocycles. The molecule has 2 aromatic rings. The fourth-order valence-electron chi connectivity index (χ4n) is 2.09. The molecule has 9 heteroatoms. The number of amides is 2. The normalized spacial score (nSPS) is 11.1. The quantitative estimate of drug-likeness (QED) is 0.353.